The summed E-state index contributed by atoms with van der Waals surface area (Å²) in [7, 11) is -14.6. The maximum absolute atomic E-state index is 12.2. The van der Waals surface area contributed by atoms with Crippen molar-refractivity contribution in [2.24, 2.45) is 0 Å². The summed E-state index contributed by atoms with van der Waals surface area (Å²) in [4.78, 5) is 40.9. The van der Waals surface area contributed by atoms with Crippen molar-refractivity contribution in [3.63, 3.8) is 0 Å². The van der Waals surface area contributed by atoms with Gasteiger partial charge in [0.25, 0.3) is 0 Å². The number of rotatable bonds is 15. The van der Waals surface area contributed by atoms with Crippen LogP contribution in [0, 0.1) is 0 Å². The third kappa shape index (κ3) is 8.28. The van der Waals surface area contributed by atoms with Gasteiger partial charge in [0.05, 0.1) is 32.8 Å². The first-order valence-corrected chi connectivity index (χ1v) is 15.1. The van der Waals surface area contributed by atoms with E-state index < -0.39 is 54.5 Å². The Labute approximate surface area is 214 Å². The van der Waals surface area contributed by atoms with Gasteiger partial charge in [-0.1, -0.05) is 0 Å². The number of nitrogens with zero attached hydrogens (tertiary/aromatic N) is 4. The van der Waals surface area contributed by atoms with Crippen molar-refractivity contribution in [2.75, 3.05) is 45.8 Å². The Morgan fingerprint density at radius 2 is 1.79 bits per heavy atom. The van der Waals surface area contributed by atoms with E-state index in [0.717, 1.165) is 6.33 Å². The van der Waals surface area contributed by atoms with Crippen molar-refractivity contribution in [3.05, 3.63) is 12.7 Å². The first-order valence-electron chi connectivity index (χ1n) is 10.6. The predicted molar refractivity (Wildman–Crippen MR) is 124 cm³/mol. The number of anilines is 1. The lowest BCUT2D eigenvalue weighted by Gasteiger charge is -2.20. The number of phosphoric ester groups is 1. The molecular weight excluding hydrogens is 581 g/mol. The zero-order valence-electron chi connectivity index (χ0n) is 19.6. The van der Waals surface area contributed by atoms with Gasteiger partial charge in [-0.3, -0.25) is 9.09 Å². The molecule has 23 heteroatoms. The number of ether oxygens (including phenoxy) is 3. The molecule has 1 aliphatic heterocycles. The van der Waals surface area contributed by atoms with E-state index >= 15 is 0 Å². The van der Waals surface area contributed by atoms with Crippen LogP contribution in [0.1, 0.15) is 6.23 Å². The van der Waals surface area contributed by atoms with E-state index in [2.05, 4.69) is 28.1 Å². The summed E-state index contributed by atoms with van der Waals surface area (Å²) in [5, 5.41) is 22.6. The number of phosphoric acid groups is 2. The molecule has 38 heavy (non-hydrogen) atoms. The van der Waals surface area contributed by atoms with Crippen LogP contribution in [-0.4, -0.2) is 103 Å². The molecule has 0 aliphatic carbocycles. The molecule has 8 N–H and O–H groups in total. The summed E-state index contributed by atoms with van der Waals surface area (Å²) in [5.41, 5.74) is 6.07. The first kappa shape index (κ1) is 31.1. The number of aliphatic hydroxyl groups excluding tert-OH is 2. The van der Waals surface area contributed by atoms with Gasteiger partial charge < -0.3 is 44.8 Å². The minimum absolute atomic E-state index is 0.0497. The van der Waals surface area contributed by atoms with Crippen LogP contribution in [0.15, 0.2) is 12.7 Å². The molecule has 216 valence electrons. The summed E-state index contributed by atoms with van der Waals surface area (Å²) >= 11 is 0. The number of nitrogens with two attached hydrogens (primary N) is 1. The van der Waals surface area contributed by atoms with Gasteiger partial charge in [0, 0.05) is 13.7 Å². The number of imidazole rings is 1. The van der Waals surface area contributed by atoms with Crippen LogP contribution in [0.2, 0.25) is 0 Å². The van der Waals surface area contributed by atoms with Gasteiger partial charge in [-0.25, -0.2) is 33.7 Å². The maximum atomic E-state index is 12.2. The van der Waals surface area contributed by atoms with Crippen molar-refractivity contribution < 1.29 is 65.9 Å². The lowest BCUT2D eigenvalue weighted by molar-refractivity contribution is -0.0503. The Bertz CT molecular complexity index is 1230. The Morgan fingerprint density at radius 1 is 1.05 bits per heavy atom. The number of aliphatic hydroxyl groups is 2. The smallest absolute Gasteiger partial charge is 0.387 e. The van der Waals surface area contributed by atoms with Gasteiger partial charge in [-0.15, -0.1) is 0 Å². The van der Waals surface area contributed by atoms with Gasteiger partial charge in [0.15, 0.2) is 17.7 Å². The van der Waals surface area contributed by atoms with Crippen molar-refractivity contribution in [1.82, 2.24) is 24.6 Å². The van der Waals surface area contributed by atoms with Crippen molar-refractivity contribution in [3.8, 4) is 0 Å². The lowest BCUT2D eigenvalue weighted by atomic mass is 10.1. The number of aromatic nitrogens is 4. The fraction of sp³-hybridized carbons (Fsp3) is 0.667. The Morgan fingerprint density at radius 3 is 2.50 bits per heavy atom. The zero-order chi connectivity index (χ0) is 28.1. The molecule has 0 radical (unpaired) electrons. The molecule has 0 spiro atoms. The number of hydrogen-bond donors (Lipinski definition) is 7. The van der Waals surface area contributed by atoms with E-state index in [1.807, 2.05) is 5.09 Å². The molecule has 1 saturated heterocycles. The number of nitrogen functional groups attached to an aromatic ring is 1. The Hall–Kier alpha value is -1.44. The van der Waals surface area contributed by atoms with Crippen molar-refractivity contribution in [1.29, 1.82) is 0 Å². The predicted octanol–water partition coefficient (Wildman–Crippen LogP) is -1.37. The molecular formula is C15H27N6O14P3. The fourth-order valence-electron chi connectivity index (χ4n) is 3.16. The number of fused-ring (bicyclic) bond motifs is 1. The molecule has 7 atom stereocenters. The van der Waals surface area contributed by atoms with Gasteiger partial charge in [-0.05, 0) is 0 Å². The Kier molecular flexibility index (Phi) is 10.5. The summed E-state index contributed by atoms with van der Waals surface area (Å²) in [5.74, 6) is 0.0497. The van der Waals surface area contributed by atoms with Gasteiger partial charge >= 0.3 is 23.4 Å². The highest BCUT2D eigenvalue weighted by Gasteiger charge is 2.47. The number of nitrogens with one attached hydrogen (secondary N) is 1. The largest absolute Gasteiger partial charge is 0.489 e. The zero-order valence-corrected chi connectivity index (χ0v) is 22.3. The molecule has 0 aromatic carbocycles. The van der Waals surface area contributed by atoms with Crippen LogP contribution >= 0.6 is 23.4 Å². The van der Waals surface area contributed by atoms with Crippen LogP contribution in [-0.2, 0) is 41.1 Å². The minimum Gasteiger partial charge on any atom is -0.387 e. The second kappa shape index (κ2) is 12.8. The van der Waals surface area contributed by atoms with Gasteiger partial charge in [0.1, 0.15) is 30.2 Å². The molecule has 1 aliphatic rings. The molecule has 1 fully saturated rings. The van der Waals surface area contributed by atoms with Crippen LogP contribution < -0.4 is 10.8 Å². The van der Waals surface area contributed by atoms with E-state index in [1.54, 1.807) is 0 Å². The summed E-state index contributed by atoms with van der Waals surface area (Å²) in [6.45, 7) is -0.871. The molecule has 3 rings (SSSR count). The first-order chi connectivity index (χ1) is 17.8. The summed E-state index contributed by atoms with van der Waals surface area (Å²) in [6, 6.07) is 0. The van der Waals surface area contributed by atoms with E-state index in [4.69, 9.17) is 19.9 Å². The fourth-order valence-corrected chi connectivity index (χ4v) is 6.84. The van der Waals surface area contributed by atoms with Crippen LogP contribution in [0.3, 0.4) is 0 Å². The molecule has 20 nitrogen and oxygen atoms in total. The van der Waals surface area contributed by atoms with Gasteiger partial charge in [-0.2, -0.15) is 8.62 Å². The van der Waals surface area contributed by atoms with Crippen molar-refractivity contribution >= 4 is 40.4 Å². The summed E-state index contributed by atoms with van der Waals surface area (Å²) < 4.78 is 65.3. The molecule has 2 aromatic rings. The Balaban J connectivity index is 1.54. The quantitative estimate of drug-likeness (QED) is 0.0906. The SMILES string of the molecule is COCCOCCNP(=O)(O)OP(=O)(O)OP(=O)(O)OC[C@H]1O[C@@H](n2cnc3c(N)ncnc32)C(O)[C@H]1O. The highest BCUT2D eigenvalue weighted by Crippen LogP contribution is 2.66. The third-order valence-corrected chi connectivity index (χ3v) is 9.27. The van der Waals surface area contributed by atoms with Crippen LogP contribution in [0.5, 0.6) is 0 Å². The number of hydrogen-bond acceptors (Lipinski definition) is 15. The second-order valence-electron chi connectivity index (χ2n) is 7.56. The standard InChI is InChI=1S/C15H27N6O14P3/c1-30-4-5-31-3-2-20-36(24,25)34-38(28,29)35-37(26,27)32-6-9-11(22)12(23)15(33-9)21-8-19-10-13(16)17-7-18-14(10)21/h7-9,11-12,15,22-23H,2-6H2,1H3,(H,26,27)(H,28,29)(H2,16,17,18)(H2,20,24,25)/t9-,11+,12?,15-/m1/s1. The average molecular weight is 608 g/mol. The topological polar surface area (TPSA) is 289 Å². The number of methoxy groups -OCH3 is 1. The van der Waals surface area contributed by atoms with Crippen molar-refractivity contribution in [2.45, 2.75) is 24.5 Å². The second-order valence-corrected chi connectivity index (χ2v) is 12.4. The molecule has 4 unspecified atom stereocenters. The monoisotopic (exact) mass is 608 g/mol. The highest BCUT2D eigenvalue weighted by molar-refractivity contribution is 7.67. The minimum atomic E-state index is -5.64. The molecule has 0 bridgehead atoms. The summed E-state index contributed by atoms with van der Waals surface area (Å²) in [6.07, 6.45) is -3.63. The van der Waals surface area contributed by atoms with E-state index in [1.165, 1.54) is 18.0 Å². The van der Waals surface area contributed by atoms with E-state index in [0.29, 0.717) is 0 Å². The van der Waals surface area contributed by atoms with Gasteiger partial charge in [0.2, 0.25) is 0 Å². The van der Waals surface area contributed by atoms with E-state index in [-0.39, 0.29) is 43.3 Å². The lowest BCUT2D eigenvalue weighted by Crippen LogP contribution is -2.33. The molecule has 3 heterocycles. The third-order valence-electron chi connectivity index (χ3n) is 4.81. The highest BCUT2D eigenvalue weighted by atomic mass is 31.3. The van der Waals surface area contributed by atoms with Crippen LogP contribution in [0.25, 0.3) is 11.2 Å². The average Bonchev–Trinajstić information content (AvgIpc) is 3.35. The maximum Gasteiger partial charge on any atom is 0.489 e. The normalized spacial score (nSPS) is 26.7. The molecule has 0 saturated carbocycles. The molecule has 0 amide bonds. The van der Waals surface area contributed by atoms with E-state index in [9.17, 15) is 38.6 Å². The molecule has 2 aromatic heterocycles. The van der Waals surface area contributed by atoms with Crippen LogP contribution in [0.4, 0.5) is 5.82 Å².